The molecule has 0 spiro atoms. The van der Waals surface area contributed by atoms with Gasteiger partial charge in [0, 0.05) is 12.6 Å². The minimum absolute atomic E-state index is 0.183. The lowest BCUT2D eigenvalue weighted by Crippen LogP contribution is -2.30. The van der Waals surface area contributed by atoms with Crippen LogP contribution in [0.25, 0.3) is 11.3 Å². The molecule has 0 unspecified atom stereocenters. The Balaban J connectivity index is 1.64. The molecule has 4 rings (SSSR count). The van der Waals surface area contributed by atoms with E-state index in [0.717, 1.165) is 28.1 Å². The molecule has 0 saturated carbocycles. The van der Waals surface area contributed by atoms with Crippen molar-refractivity contribution in [2.75, 3.05) is 7.11 Å². The summed E-state index contributed by atoms with van der Waals surface area (Å²) in [7, 11) is 3.41. The monoisotopic (exact) mass is 397 g/mol. The number of nitrogens with zero attached hydrogens (tertiary/aromatic N) is 2. The van der Waals surface area contributed by atoms with Gasteiger partial charge < -0.3 is 10.1 Å². The van der Waals surface area contributed by atoms with Crippen molar-refractivity contribution in [3.8, 4) is 17.0 Å². The maximum atomic E-state index is 13.2. The van der Waals surface area contributed by atoms with Gasteiger partial charge in [0.25, 0.3) is 5.91 Å². The van der Waals surface area contributed by atoms with E-state index in [-0.39, 0.29) is 11.9 Å². The van der Waals surface area contributed by atoms with Crippen LogP contribution in [0.2, 0.25) is 0 Å². The summed E-state index contributed by atoms with van der Waals surface area (Å²) in [4.78, 5) is 13.2. The molecule has 0 radical (unpaired) electrons. The van der Waals surface area contributed by atoms with Gasteiger partial charge in [-0.05, 0) is 29.3 Å². The largest absolute Gasteiger partial charge is 0.497 e. The number of aryl methyl sites for hydroxylation is 1. The summed E-state index contributed by atoms with van der Waals surface area (Å²) in [6, 6.07) is 29.1. The van der Waals surface area contributed by atoms with Crippen molar-refractivity contribution in [3.05, 3.63) is 108 Å². The van der Waals surface area contributed by atoms with E-state index in [4.69, 9.17) is 4.74 Å². The predicted molar refractivity (Wildman–Crippen MR) is 117 cm³/mol. The van der Waals surface area contributed by atoms with Gasteiger partial charge in [-0.25, -0.2) is 0 Å². The Morgan fingerprint density at radius 2 is 1.53 bits per heavy atom. The topological polar surface area (TPSA) is 56.1 Å². The van der Waals surface area contributed by atoms with E-state index < -0.39 is 0 Å². The third-order valence-electron chi connectivity index (χ3n) is 5.02. The molecule has 1 aromatic heterocycles. The smallest absolute Gasteiger partial charge is 0.270 e. The average molecular weight is 397 g/mol. The Morgan fingerprint density at radius 3 is 2.13 bits per heavy atom. The van der Waals surface area contributed by atoms with E-state index in [1.807, 2.05) is 84.9 Å². The summed E-state index contributed by atoms with van der Waals surface area (Å²) in [6.07, 6.45) is 0. The summed E-state index contributed by atoms with van der Waals surface area (Å²) >= 11 is 0. The zero-order chi connectivity index (χ0) is 20.9. The van der Waals surface area contributed by atoms with Crippen molar-refractivity contribution in [3.63, 3.8) is 0 Å². The van der Waals surface area contributed by atoms with Crippen LogP contribution in [0.15, 0.2) is 91.0 Å². The van der Waals surface area contributed by atoms with Gasteiger partial charge in [-0.1, -0.05) is 72.8 Å². The van der Waals surface area contributed by atoms with Gasteiger partial charge in [0.15, 0.2) is 0 Å². The standard InChI is InChI=1S/C25H23N3O2/c1-28-23(17-22(27-28)20-14-9-15-21(16-20)30-2)25(29)26-24(18-10-5-3-6-11-18)19-12-7-4-8-13-19/h3-17,24H,1-2H3,(H,26,29). The molecule has 0 aliphatic heterocycles. The molecule has 0 bridgehead atoms. The van der Waals surface area contributed by atoms with Crippen molar-refractivity contribution in [2.45, 2.75) is 6.04 Å². The maximum Gasteiger partial charge on any atom is 0.270 e. The van der Waals surface area contributed by atoms with Crippen LogP contribution in [0.3, 0.4) is 0 Å². The first kappa shape index (κ1) is 19.5. The number of hydrogen-bond acceptors (Lipinski definition) is 3. The zero-order valence-corrected chi connectivity index (χ0v) is 16.9. The summed E-state index contributed by atoms with van der Waals surface area (Å²) in [5.74, 6) is 0.564. The SMILES string of the molecule is COc1cccc(-c2cc(C(=O)NC(c3ccccc3)c3ccccc3)n(C)n2)c1. The second-order valence-corrected chi connectivity index (χ2v) is 7.00. The molecule has 1 amide bonds. The van der Waals surface area contributed by atoms with Crippen LogP contribution in [0.1, 0.15) is 27.7 Å². The van der Waals surface area contributed by atoms with E-state index in [2.05, 4.69) is 10.4 Å². The molecule has 0 aliphatic rings. The highest BCUT2D eigenvalue weighted by Gasteiger charge is 2.21. The van der Waals surface area contributed by atoms with Gasteiger partial charge in [0.2, 0.25) is 0 Å². The number of carbonyl (C=O) groups excluding carboxylic acids is 1. The fourth-order valence-electron chi connectivity index (χ4n) is 3.46. The Morgan fingerprint density at radius 1 is 0.900 bits per heavy atom. The number of methoxy groups -OCH3 is 1. The zero-order valence-electron chi connectivity index (χ0n) is 16.9. The van der Waals surface area contributed by atoms with Crippen LogP contribution in [-0.4, -0.2) is 22.8 Å². The average Bonchev–Trinajstić information content (AvgIpc) is 3.20. The van der Waals surface area contributed by atoms with Crippen molar-refractivity contribution < 1.29 is 9.53 Å². The number of amides is 1. The molecular formula is C25H23N3O2. The summed E-state index contributed by atoms with van der Waals surface area (Å²) < 4.78 is 6.91. The van der Waals surface area contributed by atoms with Gasteiger partial charge in [0.05, 0.1) is 18.8 Å². The Kier molecular flexibility index (Phi) is 5.61. The van der Waals surface area contributed by atoms with Crippen LogP contribution in [-0.2, 0) is 7.05 Å². The van der Waals surface area contributed by atoms with Crippen molar-refractivity contribution in [1.82, 2.24) is 15.1 Å². The number of hydrogen-bond donors (Lipinski definition) is 1. The number of rotatable bonds is 6. The number of benzene rings is 3. The molecule has 1 N–H and O–H groups in total. The molecular weight excluding hydrogens is 374 g/mol. The van der Waals surface area contributed by atoms with Gasteiger partial charge in [0.1, 0.15) is 11.4 Å². The first-order chi connectivity index (χ1) is 14.7. The van der Waals surface area contributed by atoms with Crippen molar-refractivity contribution in [1.29, 1.82) is 0 Å². The summed E-state index contributed by atoms with van der Waals surface area (Å²) in [5.41, 5.74) is 4.15. The van der Waals surface area contributed by atoms with E-state index >= 15 is 0 Å². The third-order valence-corrected chi connectivity index (χ3v) is 5.02. The molecule has 5 nitrogen and oxygen atoms in total. The number of nitrogens with one attached hydrogen (secondary N) is 1. The first-order valence-corrected chi connectivity index (χ1v) is 9.75. The highest BCUT2D eigenvalue weighted by atomic mass is 16.5. The number of carbonyl (C=O) groups is 1. The molecule has 0 aliphatic carbocycles. The Labute approximate surface area is 175 Å². The second-order valence-electron chi connectivity index (χ2n) is 7.00. The normalized spacial score (nSPS) is 10.8. The predicted octanol–water partition coefficient (Wildman–Crippen LogP) is 4.62. The molecule has 30 heavy (non-hydrogen) atoms. The fraction of sp³-hybridized carbons (Fsp3) is 0.120. The van der Waals surface area contributed by atoms with Gasteiger partial charge in [-0.2, -0.15) is 5.10 Å². The van der Waals surface area contributed by atoms with Crippen molar-refractivity contribution in [2.24, 2.45) is 7.05 Å². The molecule has 0 atom stereocenters. The van der Waals surface area contributed by atoms with E-state index in [1.165, 1.54) is 0 Å². The highest BCUT2D eigenvalue weighted by molar-refractivity contribution is 5.94. The Bertz CT molecular complexity index is 1100. The molecule has 0 saturated heterocycles. The van der Waals surface area contributed by atoms with Crippen LogP contribution >= 0.6 is 0 Å². The van der Waals surface area contributed by atoms with Crippen LogP contribution in [0, 0.1) is 0 Å². The third kappa shape index (κ3) is 4.10. The molecule has 4 aromatic rings. The minimum atomic E-state index is -0.255. The number of aromatic nitrogens is 2. The molecule has 0 fully saturated rings. The maximum absolute atomic E-state index is 13.2. The lowest BCUT2D eigenvalue weighted by molar-refractivity contribution is 0.0933. The number of ether oxygens (including phenoxy) is 1. The lowest BCUT2D eigenvalue weighted by atomic mass is 9.98. The highest BCUT2D eigenvalue weighted by Crippen LogP contribution is 2.25. The first-order valence-electron chi connectivity index (χ1n) is 9.75. The van der Waals surface area contributed by atoms with Gasteiger partial charge >= 0.3 is 0 Å². The van der Waals surface area contributed by atoms with E-state index in [0.29, 0.717) is 5.69 Å². The molecule has 5 heteroatoms. The van der Waals surface area contributed by atoms with E-state index in [9.17, 15) is 4.79 Å². The lowest BCUT2D eigenvalue weighted by Gasteiger charge is -2.20. The van der Waals surface area contributed by atoms with Crippen LogP contribution < -0.4 is 10.1 Å². The second kappa shape index (κ2) is 8.66. The fourth-order valence-corrected chi connectivity index (χ4v) is 3.46. The van der Waals surface area contributed by atoms with E-state index in [1.54, 1.807) is 24.9 Å². The molecule has 150 valence electrons. The van der Waals surface area contributed by atoms with Crippen molar-refractivity contribution >= 4 is 5.91 Å². The summed E-state index contributed by atoms with van der Waals surface area (Å²) in [6.45, 7) is 0. The minimum Gasteiger partial charge on any atom is -0.497 e. The molecule has 1 heterocycles. The molecule has 3 aromatic carbocycles. The van der Waals surface area contributed by atoms with Gasteiger partial charge in [-0.15, -0.1) is 0 Å². The Hall–Kier alpha value is -3.86. The summed E-state index contributed by atoms with van der Waals surface area (Å²) in [5, 5.41) is 7.70. The van der Waals surface area contributed by atoms with Crippen LogP contribution in [0.5, 0.6) is 5.75 Å². The quantitative estimate of drug-likeness (QED) is 0.517. The van der Waals surface area contributed by atoms with Gasteiger partial charge in [-0.3, -0.25) is 9.48 Å². The van der Waals surface area contributed by atoms with Crippen LogP contribution in [0.4, 0.5) is 0 Å².